The fraction of sp³-hybridized carbons (Fsp3) is 0.875. The maximum Gasteiger partial charge on any atom is 0.0759 e. The van der Waals surface area contributed by atoms with Gasteiger partial charge in [-0.15, -0.1) is 0 Å². The topological polar surface area (TPSA) is 21.3 Å². The van der Waals surface area contributed by atoms with Crippen molar-refractivity contribution >= 4 is 0 Å². The first-order valence-corrected chi connectivity index (χ1v) is 7.97. The Bertz CT molecular complexity index is 283. The molecule has 0 bridgehead atoms. The van der Waals surface area contributed by atoms with Crippen LogP contribution in [0.3, 0.4) is 0 Å². The van der Waals surface area contributed by atoms with Crippen LogP contribution in [-0.4, -0.2) is 25.3 Å². The van der Waals surface area contributed by atoms with Crippen LogP contribution in [0, 0.1) is 5.92 Å². The molecule has 0 aromatic carbocycles. The van der Waals surface area contributed by atoms with E-state index in [0.29, 0.717) is 6.10 Å². The summed E-state index contributed by atoms with van der Waals surface area (Å²) < 4.78 is 5.79. The summed E-state index contributed by atoms with van der Waals surface area (Å²) in [4.78, 5) is 0. The van der Waals surface area contributed by atoms with E-state index in [0.717, 1.165) is 25.1 Å². The van der Waals surface area contributed by atoms with Gasteiger partial charge in [-0.05, 0) is 44.4 Å². The molecule has 1 aliphatic heterocycles. The highest BCUT2D eigenvalue weighted by Gasteiger charge is 2.24. The van der Waals surface area contributed by atoms with Gasteiger partial charge in [0.05, 0.1) is 6.10 Å². The number of hydrogen-bond donors (Lipinski definition) is 1. The summed E-state index contributed by atoms with van der Waals surface area (Å²) in [5.41, 5.74) is 1.66. The largest absolute Gasteiger partial charge is 0.374 e. The minimum absolute atomic E-state index is 0.419. The van der Waals surface area contributed by atoms with E-state index in [1.807, 2.05) is 0 Å². The molecule has 0 amide bonds. The Balaban J connectivity index is 1.60. The summed E-state index contributed by atoms with van der Waals surface area (Å²) >= 11 is 0. The molecule has 1 saturated heterocycles. The van der Waals surface area contributed by atoms with E-state index in [-0.39, 0.29) is 0 Å². The summed E-state index contributed by atoms with van der Waals surface area (Å²) in [5, 5.41) is 3.70. The molecule has 0 aromatic heterocycles. The Kier molecular flexibility index (Phi) is 4.37. The van der Waals surface area contributed by atoms with Gasteiger partial charge in [0.1, 0.15) is 0 Å². The van der Waals surface area contributed by atoms with Gasteiger partial charge in [-0.2, -0.15) is 0 Å². The zero-order chi connectivity index (χ0) is 12.2. The van der Waals surface area contributed by atoms with Crippen molar-refractivity contribution < 1.29 is 4.74 Å². The van der Waals surface area contributed by atoms with Crippen LogP contribution in [0.2, 0.25) is 0 Å². The predicted molar refractivity (Wildman–Crippen MR) is 74.7 cm³/mol. The molecule has 2 nitrogen and oxygen atoms in total. The molecule has 1 heterocycles. The normalized spacial score (nSPS) is 30.9. The SMILES string of the molecule is C(=C(\CNC1CC1)C1CCCCC1)/C1CCCO1. The van der Waals surface area contributed by atoms with Gasteiger partial charge in [0.15, 0.2) is 0 Å². The Labute approximate surface area is 111 Å². The third-order valence-electron chi connectivity index (χ3n) is 4.67. The van der Waals surface area contributed by atoms with Crippen LogP contribution in [0.5, 0.6) is 0 Å². The van der Waals surface area contributed by atoms with E-state index >= 15 is 0 Å². The zero-order valence-electron chi connectivity index (χ0n) is 11.5. The van der Waals surface area contributed by atoms with Crippen molar-refractivity contribution in [2.45, 2.75) is 69.9 Å². The monoisotopic (exact) mass is 249 g/mol. The summed E-state index contributed by atoms with van der Waals surface area (Å²) in [5.74, 6) is 0.842. The van der Waals surface area contributed by atoms with Crippen LogP contribution in [0.4, 0.5) is 0 Å². The lowest BCUT2D eigenvalue weighted by molar-refractivity contribution is 0.144. The van der Waals surface area contributed by atoms with Gasteiger partial charge in [0.25, 0.3) is 0 Å². The van der Waals surface area contributed by atoms with Gasteiger partial charge >= 0.3 is 0 Å². The number of ether oxygens (including phenoxy) is 1. The molecule has 18 heavy (non-hydrogen) atoms. The summed E-state index contributed by atoms with van der Waals surface area (Å²) in [6.45, 7) is 2.09. The summed E-state index contributed by atoms with van der Waals surface area (Å²) in [6, 6.07) is 0.821. The van der Waals surface area contributed by atoms with Crippen molar-refractivity contribution in [2.24, 2.45) is 5.92 Å². The van der Waals surface area contributed by atoms with E-state index in [1.54, 1.807) is 5.57 Å². The molecule has 0 aromatic rings. The van der Waals surface area contributed by atoms with Crippen LogP contribution < -0.4 is 5.32 Å². The van der Waals surface area contributed by atoms with Gasteiger partial charge in [-0.3, -0.25) is 0 Å². The average molecular weight is 249 g/mol. The molecule has 1 unspecified atom stereocenters. The minimum Gasteiger partial charge on any atom is -0.374 e. The van der Waals surface area contributed by atoms with E-state index in [4.69, 9.17) is 4.74 Å². The second kappa shape index (κ2) is 6.21. The first-order chi connectivity index (χ1) is 8.92. The predicted octanol–water partition coefficient (Wildman–Crippen LogP) is 3.42. The van der Waals surface area contributed by atoms with Crippen molar-refractivity contribution in [3.8, 4) is 0 Å². The maximum atomic E-state index is 5.79. The molecule has 2 saturated carbocycles. The summed E-state index contributed by atoms with van der Waals surface area (Å²) in [6.07, 6.45) is 15.3. The smallest absolute Gasteiger partial charge is 0.0759 e. The highest BCUT2D eigenvalue weighted by atomic mass is 16.5. The first-order valence-electron chi connectivity index (χ1n) is 7.97. The van der Waals surface area contributed by atoms with Gasteiger partial charge in [-0.25, -0.2) is 0 Å². The van der Waals surface area contributed by atoms with Crippen molar-refractivity contribution in [1.29, 1.82) is 0 Å². The van der Waals surface area contributed by atoms with Gasteiger partial charge in [0.2, 0.25) is 0 Å². The lowest BCUT2D eigenvalue weighted by Crippen LogP contribution is -2.25. The van der Waals surface area contributed by atoms with E-state index in [9.17, 15) is 0 Å². The number of rotatable bonds is 5. The molecule has 1 N–H and O–H groups in total. The van der Waals surface area contributed by atoms with Gasteiger partial charge in [-0.1, -0.05) is 30.9 Å². The highest BCUT2D eigenvalue weighted by Crippen LogP contribution is 2.31. The van der Waals surface area contributed by atoms with Crippen LogP contribution in [-0.2, 0) is 4.74 Å². The molecular weight excluding hydrogens is 222 g/mol. The molecule has 3 fully saturated rings. The lowest BCUT2D eigenvalue weighted by Gasteiger charge is -2.26. The van der Waals surface area contributed by atoms with Crippen LogP contribution in [0.25, 0.3) is 0 Å². The van der Waals surface area contributed by atoms with Crippen LogP contribution in [0.1, 0.15) is 57.8 Å². The van der Waals surface area contributed by atoms with Crippen molar-refractivity contribution in [3.63, 3.8) is 0 Å². The first kappa shape index (κ1) is 12.7. The Morgan fingerprint density at radius 3 is 2.50 bits per heavy atom. The van der Waals surface area contributed by atoms with Crippen LogP contribution >= 0.6 is 0 Å². The lowest BCUT2D eigenvalue weighted by atomic mass is 9.83. The second-order valence-corrected chi connectivity index (χ2v) is 6.28. The molecule has 0 radical (unpaired) electrons. The molecule has 3 aliphatic rings. The Hall–Kier alpha value is -0.340. The van der Waals surface area contributed by atoms with Crippen molar-refractivity contribution in [2.75, 3.05) is 13.2 Å². The van der Waals surface area contributed by atoms with Crippen molar-refractivity contribution in [1.82, 2.24) is 5.32 Å². The van der Waals surface area contributed by atoms with E-state index in [2.05, 4.69) is 11.4 Å². The number of nitrogens with one attached hydrogen (secondary N) is 1. The third kappa shape index (κ3) is 3.58. The van der Waals surface area contributed by atoms with Gasteiger partial charge in [0, 0.05) is 19.2 Å². The maximum absolute atomic E-state index is 5.79. The number of hydrogen-bond acceptors (Lipinski definition) is 2. The second-order valence-electron chi connectivity index (χ2n) is 6.28. The third-order valence-corrected chi connectivity index (χ3v) is 4.67. The fourth-order valence-electron chi connectivity index (χ4n) is 3.34. The van der Waals surface area contributed by atoms with Crippen molar-refractivity contribution in [3.05, 3.63) is 11.6 Å². The zero-order valence-corrected chi connectivity index (χ0v) is 11.5. The molecule has 3 rings (SSSR count). The van der Waals surface area contributed by atoms with Crippen LogP contribution in [0.15, 0.2) is 11.6 Å². The quantitative estimate of drug-likeness (QED) is 0.754. The van der Waals surface area contributed by atoms with E-state index in [1.165, 1.54) is 57.8 Å². The van der Waals surface area contributed by atoms with Gasteiger partial charge < -0.3 is 10.1 Å². The molecule has 2 aliphatic carbocycles. The molecule has 0 spiro atoms. The minimum atomic E-state index is 0.419. The standard InChI is InChI=1S/C16H27NO/c1-2-5-13(6-3-1)14(12-17-15-8-9-15)11-16-7-4-10-18-16/h11,13,15-17H,1-10,12H2/b14-11-. The molecular formula is C16H27NO. The molecule has 2 heteroatoms. The average Bonchev–Trinajstić information content (AvgIpc) is 3.11. The Morgan fingerprint density at radius 2 is 1.83 bits per heavy atom. The fourth-order valence-corrected chi connectivity index (χ4v) is 3.34. The molecule has 102 valence electrons. The Morgan fingerprint density at radius 1 is 1.00 bits per heavy atom. The highest BCUT2D eigenvalue weighted by molar-refractivity contribution is 5.13. The molecule has 1 atom stereocenters. The summed E-state index contributed by atoms with van der Waals surface area (Å²) in [7, 11) is 0. The van der Waals surface area contributed by atoms with E-state index < -0.39 is 0 Å².